The summed E-state index contributed by atoms with van der Waals surface area (Å²) in [5, 5.41) is 13.2. The van der Waals surface area contributed by atoms with E-state index in [2.05, 4.69) is 30.2 Å². The van der Waals surface area contributed by atoms with Crippen LogP contribution in [0.4, 0.5) is 0 Å². The van der Waals surface area contributed by atoms with Crippen molar-refractivity contribution in [2.45, 2.75) is 51.6 Å². The summed E-state index contributed by atoms with van der Waals surface area (Å²) in [6, 6.07) is 9.50. The van der Waals surface area contributed by atoms with Gasteiger partial charge in [0.15, 0.2) is 0 Å². The highest BCUT2D eigenvalue weighted by molar-refractivity contribution is 6.30. The lowest BCUT2D eigenvalue weighted by Crippen LogP contribution is -2.48. The molecule has 1 aliphatic heterocycles. The first-order chi connectivity index (χ1) is 13.3. The number of hydrogen-bond acceptors (Lipinski definition) is 4. The summed E-state index contributed by atoms with van der Waals surface area (Å²) in [6.07, 6.45) is 2.34. The SMILES string of the molecule is Cc1[nH]c(-c2ccc(Cl)cc2)nc1CC(C)(C)NCC(=O)N1CCCC1C#N. The first kappa shape index (κ1) is 20.4. The number of imidazole rings is 1. The summed E-state index contributed by atoms with van der Waals surface area (Å²) in [5.74, 6) is 0.794. The predicted molar refractivity (Wildman–Crippen MR) is 110 cm³/mol. The first-order valence-electron chi connectivity index (χ1n) is 9.54. The largest absolute Gasteiger partial charge is 0.342 e. The molecule has 1 amide bonds. The van der Waals surface area contributed by atoms with E-state index in [1.807, 2.05) is 31.2 Å². The monoisotopic (exact) mass is 399 g/mol. The Labute approximate surface area is 170 Å². The summed E-state index contributed by atoms with van der Waals surface area (Å²) in [7, 11) is 0. The molecule has 3 rings (SSSR count). The van der Waals surface area contributed by atoms with Crippen molar-refractivity contribution in [1.29, 1.82) is 5.26 Å². The minimum Gasteiger partial charge on any atom is -0.342 e. The molecule has 1 atom stereocenters. The van der Waals surface area contributed by atoms with Crippen LogP contribution in [0.5, 0.6) is 0 Å². The summed E-state index contributed by atoms with van der Waals surface area (Å²) in [6.45, 7) is 7.01. The van der Waals surface area contributed by atoms with Crippen LogP contribution in [0.25, 0.3) is 11.4 Å². The van der Waals surface area contributed by atoms with E-state index in [1.54, 1.807) is 4.90 Å². The van der Waals surface area contributed by atoms with Crippen molar-refractivity contribution in [2.75, 3.05) is 13.1 Å². The van der Waals surface area contributed by atoms with E-state index in [0.29, 0.717) is 18.0 Å². The van der Waals surface area contributed by atoms with Crippen LogP contribution < -0.4 is 5.32 Å². The number of benzene rings is 1. The number of nitrogens with zero attached hydrogens (tertiary/aromatic N) is 3. The van der Waals surface area contributed by atoms with Crippen molar-refractivity contribution in [1.82, 2.24) is 20.2 Å². The molecule has 1 aromatic carbocycles. The molecule has 0 radical (unpaired) electrons. The van der Waals surface area contributed by atoms with Gasteiger partial charge in [-0.3, -0.25) is 4.79 Å². The molecule has 28 heavy (non-hydrogen) atoms. The van der Waals surface area contributed by atoms with Gasteiger partial charge in [-0.1, -0.05) is 11.6 Å². The fraction of sp³-hybridized carbons (Fsp3) is 0.476. The quantitative estimate of drug-likeness (QED) is 0.778. The van der Waals surface area contributed by atoms with Crippen LogP contribution >= 0.6 is 11.6 Å². The number of H-pyrrole nitrogens is 1. The third kappa shape index (κ3) is 4.73. The van der Waals surface area contributed by atoms with Crippen LogP contribution in [0.3, 0.4) is 0 Å². The molecule has 0 saturated carbocycles. The lowest BCUT2D eigenvalue weighted by atomic mass is 9.97. The number of rotatable bonds is 6. The van der Waals surface area contributed by atoms with Crippen molar-refractivity contribution in [2.24, 2.45) is 0 Å². The van der Waals surface area contributed by atoms with Crippen molar-refractivity contribution in [3.63, 3.8) is 0 Å². The normalized spacial score (nSPS) is 17.0. The van der Waals surface area contributed by atoms with Crippen LogP contribution in [0, 0.1) is 18.3 Å². The standard InChI is InChI=1S/C21H26ClN5O/c1-14-18(26-20(25-14)15-6-8-16(22)9-7-15)11-21(2,3)24-13-19(28)27-10-4-5-17(27)12-23/h6-9,17,24H,4-5,10-11,13H2,1-3H3,(H,25,26). The number of carbonyl (C=O) groups is 1. The second-order valence-electron chi connectivity index (χ2n) is 7.95. The molecule has 1 saturated heterocycles. The Bertz CT molecular complexity index is 881. The van der Waals surface area contributed by atoms with Gasteiger partial charge < -0.3 is 15.2 Å². The lowest BCUT2D eigenvalue weighted by Gasteiger charge is -2.28. The minimum absolute atomic E-state index is 0.0160. The average Bonchev–Trinajstić information content (AvgIpc) is 3.27. The molecule has 6 nitrogen and oxygen atoms in total. The number of aryl methyl sites for hydroxylation is 1. The van der Waals surface area contributed by atoms with Gasteiger partial charge in [0.05, 0.1) is 18.3 Å². The van der Waals surface area contributed by atoms with Gasteiger partial charge in [0, 0.05) is 34.8 Å². The van der Waals surface area contributed by atoms with Crippen LogP contribution in [0.15, 0.2) is 24.3 Å². The molecule has 0 aliphatic carbocycles. The number of aromatic amines is 1. The Morgan fingerprint density at radius 1 is 1.43 bits per heavy atom. The zero-order chi connectivity index (χ0) is 20.3. The van der Waals surface area contributed by atoms with E-state index < -0.39 is 0 Å². The van der Waals surface area contributed by atoms with Crippen molar-refractivity contribution in [3.05, 3.63) is 40.7 Å². The highest BCUT2D eigenvalue weighted by Gasteiger charge is 2.30. The number of amides is 1. The molecule has 2 aromatic rings. The van der Waals surface area contributed by atoms with E-state index in [1.165, 1.54) is 0 Å². The van der Waals surface area contributed by atoms with Crippen LogP contribution in [-0.2, 0) is 11.2 Å². The molecule has 2 N–H and O–H groups in total. The number of hydrogen-bond donors (Lipinski definition) is 2. The zero-order valence-electron chi connectivity index (χ0n) is 16.6. The maximum absolute atomic E-state index is 12.5. The van der Waals surface area contributed by atoms with Gasteiger partial charge in [-0.05, 0) is 57.9 Å². The Kier molecular flexibility index (Phi) is 6.07. The maximum Gasteiger partial charge on any atom is 0.237 e. The second kappa shape index (κ2) is 8.34. The molecule has 1 aliphatic rings. The summed E-state index contributed by atoms with van der Waals surface area (Å²) >= 11 is 5.96. The van der Waals surface area contributed by atoms with Gasteiger partial charge >= 0.3 is 0 Å². The molecule has 2 heterocycles. The van der Waals surface area contributed by atoms with Gasteiger partial charge in [-0.25, -0.2) is 4.98 Å². The third-order valence-electron chi connectivity index (χ3n) is 5.15. The van der Waals surface area contributed by atoms with E-state index >= 15 is 0 Å². The summed E-state index contributed by atoms with van der Waals surface area (Å²) in [4.78, 5) is 22.2. The fourth-order valence-electron chi connectivity index (χ4n) is 3.51. The van der Waals surface area contributed by atoms with Gasteiger partial charge in [0.2, 0.25) is 5.91 Å². The second-order valence-corrected chi connectivity index (χ2v) is 8.39. The molecular weight excluding hydrogens is 374 g/mol. The smallest absolute Gasteiger partial charge is 0.237 e. The van der Waals surface area contributed by atoms with Gasteiger partial charge in [0.1, 0.15) is 11.9 Å². The molecule has 148 valence electrons. The van der Waals surface area contributed by atoms with Gasteiger partial charge in [0.25, 0.3) is 0 Å². The van der Waals surface area contributed by atoms with E-state index in [0.717, 1.165) is 35.6 Å². The molecular formula is C21H26ClN5O. The topological polar surface area (TPSA) is 84.8 Å². The van der Waals surface area contributed by atoms with Crippen LogP contribution in [0.1, 0.15) is 38.1 Å². The van der Waals surface area contributed by atoms with Crippen LogP contribution in [-0.4, -0.2) is 45.4 Å². The highest BCUT2D eigenvalue weighted by Crippen LogP contribution is 2.23. The Hall–Kier alpha value is -2.36. The maximum atomic E-state index is 12.5. The van der Waals surface area contributed by atoms with E-state index in [4.69, 9.17) is 21.8 Å². The number of carbonyl (C=O) groups excluding carboxylic acids is 1. The Balaban J connectivity index is 1.63. The van der Waals surface area contributed by atoms with Gasteiger partial charge in [-0.2, -0.15) is 5.26 Å². The minimum atomic E-state index is -0.311. The van der Waals surface area contributed by atoms with Gasteiger partial charge in [-0.15, -0.1) is 0 Å². The average molecular weight is 400 g/mol. The van der Waals surface area contributed by atoms with Crippen molar-refractivity contribution >= 4 is 17.5 Å². The Morgan fingerprint density at radius 2 is 2.14 bits per heavy atom. The number of nitriles is 1. The number of halogens is 1. The third-order valence-corrected chi connectivity index (χ3v) is 5.40. The summed E-state index contributed by atoms with van der Waals surface area (Å²) in [5.41, 5.74) is 2.65. The number of aromatic nitrogens is 2. The predicted octanol–water partition coefficient (Wildman–Crippen LogP) is 3.46. The first-order valence-corrected chi connectivity index (χ1v) is 9.92. The van der Waals surface area contributed by atoms with Crippen molar-refractivity contribution < 1.29 is 4.79 Å². The molecule has 1 fully saturated rings. The number of nitrogens with one attached hydrogen (secondary N) is 2. The zero-order valence-corrected chi connectivity index (χ0v) is 17.3. The molecule has 1 aromatic heterocycles. The summed E-state index contributed by atoms with van der Waals surface area (Å²) < 4.78 is 0. The molecule has 7 heteroatoms. The molecule has 0 spiro atoms. The molecule has 1 unspecified atom stereocenters. The van der Waals surface area contributed by atoms with Crippen molar-refractivity contribution in [3.8, 4) is 17.5 Å². The lowest BCUT2D eigenvalue weighted by molar-refractivity contribution is -0.130. The highest BCUT2D eigenvalue weighted by atomic mass is 35.5. The van der Waals surface area contributed by atoms with E-state index in [9.17, 15) is 4.79 Å². The Morgan fingerprint density at radius 3 is 2.82 bits per heavy atom. The number of likely N-dealkylation sites (tertiary alicyclic amines) is 1. The molecule has 0 bridgehead atoms. The van der Waals surface area contributed by atoms with E-state index in [-0.39, 0.29) is 24.0 Å². The van der Waals surface area contributed by atoms with Crippen LogP contribution in [0.2, 0.25) is 5.02 Å². The fourth-order valence-corrected chi connectivity index (χ4v) is 3.64.